The number of carbonyl (C=O) groups excluding carboxylic acids is 11. The summed E-state index contributed by atoms with van der Waals surface area (Å²) in [6.07, 6.45) is 2.09. The van der Waals surface area contributed by atoms with Gasteiger partial charge in [-0.15, -0.1) is 0 Å². The van der Waals surface area contributed by atoms with Gasteiger partial charge in [0.25, 0.3) is 5.91 Å². The molecule has 2 aliphatic rings. The highest BCUT2D eigenvalue weighted by Crippen LogP contribution is 2.22. The van der Waals surface area contributed by atoms with Gasteiger partial charge >= 0.3 is 0 Å². The van der Waals surface area contributed by atoms with Crippen molar-refractivity contribution in [2.75, 3.05) is 26.3 Å². The summed E-state index contributed by atoms with van der Waals surface area (Å²) in [7, 11) is 0. The zero-order chi connectivity index (χ0) is 63.5. The lowest BCUT2D eigenvalue weighted by molar-refractivity contribution is -0.139. The van der Waals surface area contributed by atoms with Crippen molar-refractivity contribution in [1.29, 1.82) is 0 Å². The number of rotatable bonds is 18. The SMILES string of the molecule is C/C=C1/NC(=O)[C@H](CCO)NC(=O)C[C@@H](CCCCC)NC(=O)CNC(=O)[C@H](CC(C)C)NC(=O)[C@@H]([C@@H](C)CC)NC(=O)[C@H]([C@@H](C)CC)NC(=O)[C@@H](CC(C)C)NC(=O)[C@H](Cc2ccccc2)NC(=O)[C@H](CCO)NC(=O)[C@@H]2C[C@@H](O)CN2C1=O. The van der Waals surface area contributed by atoms with Crippen molar-refractivity contribution < 1.29 is 68.1 Å². The first kappa shape index (κ1) is 72.3. The first-order valence-corrected chi connectivity index (χ1v) is 30.2. The Kier molecular flexibility index (Phi) is 31.3. The molecule has 3 rings (SSSR count). The van der Waals surface area contributed by atoms with E-state index >= 15 is 0 Å². The molecular formula is C60H97N11O14. The molecule has 11 amide bonds. The first-order chi connectivity index (χ1) is 40.3. The molecule has 0 radical (unpaired) electrons. The van der Waals surface area contributed by atoms with Gasteiger partial charge < -0.3 is 73.4 Å². The molecule has 85 heavy (non-hydrogen) atoms. The first-order valence-electron chi connectivity index (χ1n) is 30.2. The largest absolute Gasteiger partial charge is 0.396 e. The van der Waals surface area contributed by atoms with Crippen LogP contribution >= 0.6 is 0 Å². The van der Waals surface area contributed by atoms with Crippen LogP contribution in [0.25, 0.3) is 0 Å². The third-order valence-corrected chi connectivity index (χ3v) is 15.3. The van der Waals surface area contributed by atoms with Gasteiger partial charge in [0.05, 0.1) is 12.6 Å². The van der Waals surface area contributed by atoms with Gasteiger partial charge in [-0.3, -0.25) is 52.7 Å². The summed E-state index contributed by atoms with van der Waals surface area (Å²) in [6.45, 7) is 15.7. The van der Waals surface area contributed by atoms with Crippen molar-refractivity contribution in [1.82, 2.24) is 58.1 Å². The molecule has 0 saturated carbocycles. The van der Waals surface area contributed by atoms with E-state index in [1.165, 1.54) is 13.0 Å². The van der Waals surface area contributed by atoms with Crippen LogP contribution in [-0.2, 0) is 59.2 Å². The highest BCUT2D eigenvalue weighted by Gasteiger charge is 2.42. The maximum Gasteiger partial charge on any atom is 0.270 e. The molecule has 2 heterocycles. The number of allylic oxidation sites excluding steroid dienone is 1. The third-order valence-electron chi connectivity index (χ3n) is 15.3. The molecule has 2 fully saturated rings. The van der Waals surface area contributed by atoms with Crippen molar-refractivity contribution in [2.24, 2.45) is 23.7 Å². The molecule has 0 aromatic heterocycles. The molecule has 1 aromatic rings. The van der Waals surface area contributed by atoms with Crippen molar-refractivity contribution in [3.8, 4) is 0 Å². The van der Waals surface area contributed by atoms with Gasteiger partial charge in [0.1, 0.15) is 54.0 Å². The number of hydrogen-bond donors (Lipinski definition) is 13. The minimum atomic E-state index is -1.52. The second-order valence-electron chi connectivity index (χ2n) is 23.3. The van der Waals surface area contributed by atoms with E-state index in [0.717, 1.165) is 17.7 Å². The molecule has 476 valence electrons. The summed E-state index contributed by atoms with van der Waals surface area (Å²) in [6, 6.07) is -2.83. The van der Waals surface area contributed by atoms with Crippen LogP contribution in [-0.4, -0.2) is 172 Å². The molecule has 25 heteroatoms. The number of benzene rings is 1. The number of nitrogens with zero attached hydrogens (tertiary/aromatic N) is 1. The van der Waals surface area contributed by atoms with E-state index in [4.69, 9.17) is 0 Å². The summed E-state index contributed by atoms with van der Waals surface area (Å²) in [4.78, 5) is 157. The third kappa shape index (κ3) is 23.8. The minimum absolute atomic E-state index is 0.0703. The van der Waals surface area contributed by atoms with Gasteiger partial charge in [-0.25, -0.2) is 0 Å². The minimum Gasteiger partial charge on any atom is -0.396 e. The van der Waals surface area contributed by atoms with Crippen LogP contribution in [0.2, 0.25) is 0 Å². The van der Waals surface area contributed by atoms with Crippen molar-refractivity contribution in [3.05, 3.63) is 47.7 Å². The lowest BCUT2D eigenvalue weighted by Gasteiger charge is -2.31. The molecule has 12 atom stereocenters. The van der Waals surface area contributed by atoms with E-state index in [9.17, 15) is 68.1 Å². The number of amides is 11. The van der Waals surface area contributed by atoms with Crippen LogP contribution in [0.5, 0.6) is 0 Å². The summed E-state index contributed by atoms with van der Waals surface area (Å²) >= 11 is 0. The maximum atomic E-state index is 14.6. The van der Waals surface area contributed by atoms with E-state index in [2.05, 4.69) is 53.2 Å². The standard InChI is InChI=1S/C60H97N11O14/c1-11-15-17-22-39-30-48(75)63-42(23-25-72)53(78)64-41(14-4)60(85)71-33-40(74)31-47(71)57(82)65-43(24-26-73)54(79)67-46(29-38-20-18-16-19-21-38)55(80)66-45(28-35(7)8)56(81)69-51(37(10)13-3)59(84)70-50(36(9)12-2)58(83)68-44(27-34(5)6)52(77)61-32-49(76)62-39/h14,16,18-21,34-37,39-40,42-47,50-51,72-74H,11-13,15,17,22-33H2,1-10H3,(H,61,77)(H,62,76)(H,63,75)(H,64,78)(H,65,82)(H,66,80)(H,67,79)(H,68,83)(H,69,81)(H,70,84)/b41-14+/t36-,37-,39+,40+,42-,43-,44-,45+,46-,47-,50+,51-/m0/s1. The monoisotopic (exact) mass is 1200 g/mol. The molecule has 25 nitrogen and oxygen atoms in total. The zero-order valence-corrected chi connectivity index (χ0v) is 51.3. The van der Waals surface area contributed by atoms with Crippen LogP contribution in [0.4, 0.5) is 0 Å². The average molecular weight is 1200 g/mol. The lowest BCUT2D eigenvalue weighted by Crippen LogP contribution is -2.62. The Labute approximate surface area is 500 Å². The average Bonchev–Trinajstić information content (AvgIpc) is 3.93. The lowest BCUT2D eigenvalue weighted by atomic mass is 9.93. The van der Waals surface area contributed by atoms with Crippen LogP contribution < -0.4 is 53.2 Å². The topological polar surface area (TPSA) is 372 Å². The van der Waals surface area contributed by atoms with Gasteiger partial charge in [-0.2, -0.15) is 0 Å². The number of carbonyl (C=O) groups is 11. The zero-order valence-electron chi connectivity index (χ0n) is 51.3. The quantitative estimate of drug-likeness (QED) is 0.0687. The highest BCUT2D eigenvalue weighted by molar-refractivity contribution is 6.02. The molecule has 1 aromatic carbocycles. The Morgan fingerprint density at radius 2 is 1.07 bits per heavy atom. The van der Waals surface area contributed by atoms with Crippen molar-refractivity contribution >= 4 is 65.0 Å². The number of unbranched alkanes of at least 4 members (excludes halogenated alkanes) is 2. The van der Waals surface area contributed by atoms with E-state index in [0.29, 0.717) is 31.2 Å². The smallest absolute Gasteiger partial charge is 0.270 e. The predicted octanol–water partition coefficient (Wildman–Crippen LogP) is 0.139. The Hall–Kier alpha value is -6.99. The molecule has 0 spiro atoms. The fourth-order valence-corrected chi connectivity index (χ4v) is 10.1. The highest BCUT2D eigenvalue weighted by atomic mass is 16.3. The molecule has 0 aliphatic carbocycles. The molecule has 13 N–H and O–H groups in total. The molecule has 0 unspecified atom stereocenters. The van der Waals surface area contributed by atoms with Gasteiger partial charge in [-0.1, -0.05) is 131 Å². The molecular weight excluding hydrogens is 1100 g/mol. The summed E-state index contributed by atoms with van der Waals surface area (Å²) in [5, 5.41) is 57.9. The number of aliphatic hydroxyl groups excluding tert-OH is 3. The number of fused-ring (bicyclic) bond motifs is 1. The van der Waals surface area contributed by atoms with E-state index in [-0.39, 0.29) is 69.0 Å². The van der Waals surface area contributed by atoms with E-state index in [1.807, 2.05) is 48.5 Å². The Bertz CT molecular complexity index is 2440. The second-order valence-corrected chi connectivity index (χ2v) is 23.3. The Morgan fingerprint density at radius 1 is 0.565 bits per heavy atom. The predicted molar refractivity (Wildman–Crippen MR) is 317 cm³/mol. The van der Waals surface area contributed by atoms with Gasteiger partial charge in [0.15, 0.2) is 0 Å². The van der Waals surface area contributed by atoms with Crippen LogP contribution in [0.15, 0.2) is 42.1 Å². The molecule has 2 saturated heterocycles. The van der Waals surface area contributed by atoms with E-state index < -0.39 is 157 Å². The summed E-state index contributed by atoms with van der Waals surface area (Å²) in [5.74, 6) is -10.0. The van der Waals surface area contributed by atoms with Gasteiger partial charge in [-0.05, 0) is 68.3 Å². The Morgan fingerprint density at radius 3 is 1.62 bits per heavy atom. The molecule has 2 aliphatic heterocycles. The number of nitrogens with one attached hydrogen (secondary N) is 10. The number of hydrogen-bond acceptors (Lipinski definition) is 14. The van der Waals surface area contributed by atoms with Gasteiger partial charge in [0.2, 0.25) is 59.1 Å². The Balaban J connectivity index is 2.17. The molecule has 0 bridgehead atoms. The normalized spacial score (nSPS) is 27.0. The fraction of sp³-hybridized carbons (Fsp3) is 0.683. The fourth-order valence-electron chi connectivity index (χ4n) is 10.1. The van der Waals surface area contributed by atoms with Crippen molar-refractivity contribution in [3.63, 3.8) is 0 Å². The summed E-state index contributed by atoms with van der Waals surface area (Å²) < 4.78 is 0. The van der Waals surface area contributed by atoms with Crippen LogP contribution in [0.3, 0.4) is 0 Å². The van der Waals surface area contributed by atoms with Crippen LogP contribution in [0, 0.1) is 23.7 Å². The van der Waals surface area contributed by atoms with Gasteiger partial charge in [0, 0.05) is 45.1 Å². The van der Waals surface area contributed by atoms with Crippen LogP contribution in [0.1, 0.15) is 152 Å². The summed E-state index contributed by atoms with van der Waals surface area (Å²) in [5.41, 5.74) is 0.241. The second kappa shape index (κ2) is 36.8. The maximum absolute atomic E-state index is 14.6. The van der Waals surface area contributed by atoms with Crippen molar-refractivity contribution in [2.45, 2.75) is 213 Å². The number of aliphatic hydroxyl groups is 3. The van der Waals surface area contributed by atoms with E-state index in [1.54, 1.807) is 44.2 Å².